The molecule has 154 valence electrons. The van der Waals surface area contributed by atoms with Crippen LogP contribution in [0.1, 0.15) is 34.3 Å². The molecule has 3 rings (SSSR count). The number of esters is 1. The van der Waals surface area contributed by atoms with Crippen LogP contribution in [0, 0.1) is 11.6 Å². The number of ether oxygens (including phenoxy) is 2. The maximum Gasteiger partial charge on any atom is 0.306 e. The highest BCUT2D eigenvalue weighted by atomic mass is 19.1. The fourth-order valence-electron chi connectivity index (χ4n) is 2.63. The number of aromatic nitrogens is 1. The van der Waals surface area contributed by atoms with Gasteiger partial charge in [0.05, 0.1) is 12.0 Å². The van der Waals surface area contributed by atoms with Gasteiger partial charge in [0.15, 0.2) is 5.78 Å². The SMILES string of the molecule is O=C(CCC(=O)c1ccc(F)cc1F)OCc1ccc(OCc2cccnc2)cc1. The average Bonchev–Trinajstić information content (AvgIpc) is 2.76. The van der Waals surface area contributed by atoms with Crippen molar-refractivity contribution in [2.45, 2.75) is 26.1 Å². The van der Waals surface area contributed by atoms with Gasteiger partial charge in [-0.15, -0.1) is 0 Å². The molecule has 0 spiro atoms. The molecule has 0 aliphatic rings. The number of carbonyl (C=O) groups excluding carboxylic acids is 2. The summed E-state index contributed by atoms with van der Waals surface area (Å²) in [6, 6.07) is 13.5. The Labute approximate surface area is 172 Å². The monoisotopic (exact) mass is 411 g/mol. The number of nitrogens with zero attached hydrogens (tertiary/aromatic N) is 1. The van der Waals surface area contributed by atoms with Gasteiger partial charge in [0, 0.05) is 30.4 Å². The summed E-state index contributed by atoms with van der Waals surface area (Å²) in [5.74, 6) is -2.21. The molecule has 0 saturated heterocycles. The number of rotatable bonds is 9. The van der Waals surface area contributed by atoms with E-state index in [0.717, 1.165) is 23.3 Å². The molecule has 0 aliphatic heterocycles. The topological polar surface area (TPSA) is 65.5 Å². The van der Waals surface area contributed by atoms with Gasteiger partial charge >= 0.3 is 5.97 Å². The van der Waals surface area contributed by atoms with Crippen molar-refractivity contribution in [1.82, 2.24) is 4.98 Å². The molecular formula is C23H19F2NO4. The first-order valence-electron chi connectivity index (χ1n) is 9.26. The first-order valence-corrected chi connectivity index (χ1v) is 9.26. The Morgan fingerprint density at radius 3 is 2.40 bits per heavy atom. The minimum atomic E-state index is -0.945. The molecule has 5 nitrogen and oxygen atoms in total. The van der Waals surface area contributed by atoms with Crippen LogP contribution >= 0.6 is 0 Å². The van der Waals surface area contributed by atoms with Gasteiger partial charge in [0.1, 0.15) is 30.6 Å². The van der Waals surface area contributed by atoms with Crippen LogP contribution in [-0.4, -0.2) is 16.7 Å². The van der Waals surface area contributed by atoms with E-state index in [1.165, 1.54) is 0 Å². The maximum absolute atomic E-state index is 13.6. The van der Waals surface area contributed by atoms with Crippen molar-refractivity contribution in [2.24, 2.45) is 0 Å². The first-order chi connectivity index (χ1) is 14.5. The third-order valence-electron chi connectivity index (χ3n) is 4.24. The molecule has 30 heavy (non-hydrogen) atoms. The van der Waals surface area contributed by atoms with E-state index in [2.05, 4.69) is 4.98 Å². The number of hydrogen-bond acceptors (Lipinski definition) is 5. The normalized spacial score (nSPS) is 10.5. The molecule has 0 atom stereocenters. The van der Waals surface area contributed by atoms with E-state index >= 15 is 0 Å². The van der Waals surface area contributed by atoms with Gasteiger partial charge in [-0.25, -0.2) is 8.78 Å². The molecule has 3 aromatic rings. The summed E-state index contributed by atoms with van der Waals surface area (Å²) in [5.41, 5.74) is 1.46. The van der Waals surface area contributed by atoms with Crippen molar-refractivity contribution >= 4 is 11.8 Å². The van der Waals surface area contributed by atoms with Crippen LogP contribution < -0.4 is 4.74 Å². The minimum Gasteiger partial charge on any atom is -0.489 e. The van der Waals surface area contributed by atoms with Crippen LogP contribution in [0.3, 0.4) is 0 Å². The Morgan fingerprint density at radius 1 is 0.900 bits per heavy atom. The van der Waals surface area contributed by atoms with E-state index in [9.17, 15) is 18.4 Å². The van der Waals surface area contributed by atoms with Crippen molar-refractivity contribution in [3.05, 3.63) is 95.3 Å². The molecule has 0 bridgehead atoms. The summed E-state index contributed by atoms with van der Waals surface area (Å²) in [4.78, 5) is 27.8. The average molecular weight is 411 g/mol. The van der Waals surface area contributed by atoms with Gasteiger partial charge in [-0.3, -0.25) is 14.6 Å². The largest absolute Gasteiger partial charge is 0.489 e. The lowest BCUT2D eigenvalue weighted by atomic mass is 10.1. The molecular weight excluding hydrogens is 392 g/mol. The second-order valence-electron chi connectivity index (χ2n) is 6.50. The molecule has 1 aromatic heterocycles. The van der Waals surface area contributed by atoms with E-state index in [-0.39, 0.29) is 25.0 Å². The van der Waals surface area contributed by atoms with Gasteiger partial charge in [-0.05, 0) is 35.9 Å². The van der Waals surface area contributed by atoms with Crippen LogP contribution in [0.4, 0.5) is 8.78 Å². The van der Waals surface area contributed by atoms with Crippen LogP contribution in [0.2, 0.25) is 0 Å². The zero-order chi connectivity index (χ0) is 21.3. The second-order valence-corrected chi connectivity index (χ2v) is 6.50. The van der Waals surface area contributed by atoms with E-state index in [1.807, 2.05) is 12.1 Å². The highest BCUT2D eigenvalue weighted by Crippen LogP contribution is 2.16. The standard InChI is InChI=1S/C23H19F2NO4/c24-18-5-8-20(21(25)12-18)22(27)9-10-23(28)30-14-16-3-6-19(7-4-16)29-15-17-2-1-11-26-13-17/h1-8,11-13H,9-10,14-15H2. The van der Waals surface area contributed by atoms with E-state index < -0.39 is 23.4 Å². The molecule has 2 aromatic carbocycles. The molecule has 0 N–H and O–H groups in total. The Balaban J connectivity index is 1.41. The van der Waals surface area contributed by atoms with Crippen LogP contribution in [0.5, 0.6) is 5.75 Å². The highest BCUT2D eigenvalue weighted by Gasteiger charge is 2.15. The molecule has 0 amide bonds. The zero-order valence-corrected chi connectivity index (χ0v) is 16.0. The first kappa shape index (κ1) is 21.1. The number of pyridine rings is 1. The van der Waals surface area contributed by atoms with Crippen LogP contribution in [0.15, 0.2) is 67.0 Å². The van der Waals surface area contributed by atoms with Crippen molar-refractivity contribution in [3.63, 3.8) is 0 Å². The third-order valence-corrected chi connectivity index (χ3v) is 4.24. The van der Waals surface area contributed by atoms with Crippen LogP contribution in [0.25, 0.3) is 0 Å². The quantitative estimate of drug-likeness (QED) is 0.379. The van der Waals surface area contributed by atoms with Gasteiger partial charge < -0.3 is 9.47 Å². The predicted molar refractivity (Wildman–Crippen MR) is 105 cm³/mol. The number of Topliss-reactive ketones (excluding diaryl/α,β-unsaturated/α-hetero) is 1. The highest BCUT2D eigenvalue weighted by molar-refractivity contribution is 5.97. The summed E-state index contributed by atoms with van der Waals surface area (Å²) < 4.78 is 37.3. The Bertz CT molecular complexity index is 1010. The van der Waals surface area contributed by atoms with Crippen molar-refractivity contribution in [2.75, 3.05) is 0 Å². The van der Waals surface area contributed by atoms with Crippen molar-refractivity contribution in [3.8, 4) is 5.75 Å². The second kappa shape index (κ2) is 10.2. The number of hydrogen-bond donors (Lipinski definition) is 0. The van der Waals surface area contributed by atoms with Crippen LogP contribution in [-0.2, 0) is 22.7 Å². The molecule has 0 aliphatic carbocycles. The third kappa shape index (κ3) is 6.20. The summed E-state index contributed by atoms with van der Waals surface area (Å²) in [5, 5.41) is 0. The summed E-state index contributed by atoms with van der Waals surface area (Å²) in [6.07, 6.45) is 3.00. The Morgan fingerprint density at radius 2 is 1.70 bits per heavy atom. The molecule has 0 unspecified atom stereocenters. The molecule has 0 radical (unpaired) electrons. The lowest BCUT2D eigenvalue weighted by Crippen LogP contribution is -2.09. The number of benzene rings is 2. The Kier molecular flexibility index (Phi) is 7.21. The van der Waals surface area contributed by atoms with Crippen molar-refractivity contribution in [1.29, 1.82) is 0 Å². The van der Waals surface area contributed by atoms with E-state index in [0.29, 0.717) is 18.4 Å². The predicted octanol–water partition coefficient (Wildman–Crippen LogP) is 4.65. The summed E-state index contributed by atoms with van der Waals surface area (Å²) >= 11 is 0. The fourth-order valence-corrected chi connectivity index (χ4v) is 2.63. The minimum absolute atomic E-state index is 0.0425. The zero-order valence-electron chi connectivity index (χ0n) is 16.0. The summed E-state index contributed by atoms with van der Waals surface area (Å²) in [6.45, 7) is 0.436. The lowest BCUT2D eigenvalue weighted by Gasteiger charge is -2.08. The van der Waals surface area contributed by atoms with Gasteiger partial charge in [-0.1, -0.05) is 18.2 Å². The summed E-state index contributed by atoms with van der Waals surface area (Å²) in [7, 11) is 0. The fraction of sp³-hybridized carbons (Fsp3) is 0.174. The number of carbonyl (C=O) groups is 2. The van der Waals surface area contributed by atoms with Crippen molar-refractivity contribution < 1.29 is 27.8 Å². The maximum atomic E-state index is 13.6. The molecule has 1 heterocycles. The van der Waals surface area contributed by atoms with Gasteiger partial charge in [0.2, 0.25) is 0 Å². The smallest absolute Gasteiger partial charge is 0.306 e. The molecule has 0 saturated carbocycles. The number of ketones is 1. The lowest BCUT2D eigenvalue weighted by molar-refractivity contribution is -0.144. The molecule has 7 heteroatoms. The van der Waals surface area contributed by atoms with E-state index in [4.69, 9.17) is 9.47 Å². The van der Waals surface area contributed by atoms with E-state index in [1.54, 1.807) is 36.7 Å². The Hall–Kier alpha value is -3.61. The molecule has 0 fully saturated rings. The van der Waals surface area contributed by atoms with Gasteiger partial charge in [0.25, 0.3) is 0 Å². The van der Waals surface area contributed by atoms with Gasteiger partial charge in [-0.2, -0.15) is 0 Å². The number of halogens is 2.